The number of hydrogen-bond donors (Lipinski definition) is 2. The maximum atomic E-state index is 13.5. The van der Waals surface area contributed by atoms with Crippen molar-refractivity contribution >= 4 is 0 Å². The lowest BCUT2D eigenvalue weighted by atomic mass is 9.96. The Morgan fingerprint density at radius 1 is 0.970 bits per heavy atom. The minimum Gasteiger partial charge on any atom is -0.457 e. The van der Waals surface area contributed by atoms with E-state index in [1.807, 2.05) is 43.3 Å². The number of benzene rings is 3. The van der Waals surface area contributed by atoms with Gasteiger partial charge in [-0.15, -0.1) is 0 Å². The van der Waals surface area contributed by atoms with Gasteiger partial charge in [0.25, 0.3) is 0 Å². The highest BCUT2D eigenvalue weighted by Crippen LogP contribution is 2.40. The zero-order chi connectivity index (χ0) is 23.2. The lowest BCUT2D eigenvalue weighted by molar-refractivity contribution is -0.137. The van der Waals surface area contributed by atoms with Gasteiger partial charge in [-0.3, -0.25) is 0 Å². The normalized spacial score (nSPS) is 14.8. The third-order valence-electron chi connectivity index (χ3n) is 6.01. The molecule has 0 atom stereocenters. The van der Waals surface area contributed by atoms with Gasteiger partial charge >= 0.3 is 6.18 Å². The Kier molecular flexibility index (Phi) is 5.01. The molecule has 4 aromatic rings. The summed E-state index contributed by atoms with van der Waals surface area (Å²) in [5, 5.41) is 0. The number of H-pyrrole nitrogens is 1. The molecule has 5 rings (SSSR count). The molecule has 0 bridgehead atoms. The van der Waals surface area contributed by atoms with Crippen LogP contribution in [-0.2, 0) is 24.6 Å². The highest BCUT2D eigenvalue weighted by molar-refractivity contribution is 5.69. The lowest BCUT2D eigenvalue weighted by Crippen LogP contribution is -2.38. The number of hydrogen-bond acceptors (Lipinski definition) is 3. The minimum absolute atomic E-state index is 0.243. The first-order valence-corrected chi connectivity index (χ1v) is 10.6. The summed E-state index contributed by atoms with van der Waals surface area (Å²) in [6, 6.07) is 18.7. The number of fused-ring (bicyclic) bond motifs is 1. The summed E-state index contributed by atoms with van der Waals surface area (Å²) in [4.78, 5) is 7.73. The van der Waals surface area contributed by atoms with Crippen molar-refractivity contribution in [3.63, 3.8) is 0 Å². The molecule has 168 valence electrons. The summed E-state index contributed by atoms with van der Waals surface area (Å²) in [6.45, 7) is 1.95. The van der Waals surface area contributed by atoms with Gasteiger partial charge in [0, 0.05) is 11.8 Å². The van der Waals surface area contributed by atoms with Crippen molar-refractivity contribution in [2.24, 2.45) is 5.73 Å². The zero-order valence-electron chi connectivity index (χ0n) is 17.9. The Hall–Kier alpha value is -3.58. The monoisotopic (exact) mass is 449 g/mol. The molecular weight excluding hydrogens is 427 g/mol. The Morgan fingerprint density at radius 3 is 2.27 bits per heavy atom. The van der Waals surface area contributed by atoms with Crippen LogP contribution in [0.1, 0.15) is 28.1 Å². The molecule has 1 aliphatic carbocycles. The molecule has 1 heterocycles. The number of aromatic nitrogens is 2. The van der Waals surface area contributed by atoms with Crippen LogP contribution in [0.4, 0.5) is 13.2 Å². The first-order chi connectivity index (χ1) is 15.7. The predicted molar refractivity (Wildman–Crippen MR) is 120 cm³/mol. The number of alkyl halides is 3. The Bertz CT molecular complexity index is 1280. The van der Waals surface area contributed by atoms with Gasteiger partial charge in [0.2, 0.25) is 0 Å². The maximum Gasteiger partial charge on any atom is 0.416 e. The van der Waals surface area contributed by atoms with E-state index in [9.17, 15) is 13.2 Å². The number of ether oxygens (including phenoxy) is 1. The fraction of sp³-hybridized carbons (Fsp3) is 0.192. The van der Waals surface area contributed by atoms with E-state index >= 15 is 0 Å². The van der Waals surface area contributed by atoms with E-state index in [4.69, 9.17) is 10.5 Å². The van der Waals surface area contributed by atoms with E-state index in [1.54, 1.807) is 18.3 Å². The highest BCUT2D eigenvalue weighted by Gasteiger charge is 2.38. The summed E-state index contributed by atoms with van der Waals surface area (Å²) >= 11 is 0. The summed E-state index contributed by atoms with van der Waals surface area (Å²) in [5.41, 5.74) is 9.12. The molecule has 0 unspecified atom stereocenters. The second kappa shape index (κ2) is 7.78. The van der Waals surface area contributed by atoms with E-state index in [0.29, 0.717) is 30.1 Å². The zero-order valence-corrected chi connectivity index (χ0v) is 17.9. The topological polar surface area (TPSA) is 63.9 Å². The Morgan fingerprint density at radius 2 is 1.64 bits per heavy atom. The molecule has 0 saturated carbocycles. The smallest absolute Gasteiger partial charge is 0.416 e. The van der Waals surface area contributed by atoms with Crippen molar-refractivity contribution in [1.29, 1.82) is 0 Å². The molecular formula is C26H22F3N3O. The van der Waals surface area contributed by atoms with Crippen LogP contribution in [0.15, 0.2) is 72.9 Å². The molecule has 0 fully saturated rings. The van der Waals surface area contributed by atoms with Gasteiger partial charge in [0.05, 0.1) is 16.8 Å². The number of nitrogens with two attached hydrogens (primary N) is 1. The SMILES string of the molecule is Cc1ccc(Oc2ccc(C(F)(F)F)cc2-c2c[nH]c(C3(N)Cc4ccccc4C3)n2)cc1. The molecule has 3 N–H and O–H groups in total. The highest BCUT2D eigenvalue weighted by atomic mass is 19.4. The maximum absolute atomic E-state index is 13.5. The first kappa shape index (κ1) is 21.3. The quantitative estimate of drug-likeness (QED) is 0.393. The number of rotatable bonds is 4. The van der Waals surface area contributed by atoms with Gasteiger partial charge in [0.1, 0.15) is 17.3 Å². The van der Waals surface area contributed by atoms with Crippen LogP contribution in [0.3, 0.4) is 0 Å². The third-order valence-corrected chi connectivity index (χ3v) is 6.01. The molecule has 0 radical (unpaired) electrons. The van der Waals surface area contributed by atoms with Crippen molar-refractivity contribution in [2.75, 3.05) is 0 Å². The van der Waals surface area contributed by atoms with Gasteiger partial charge in [-0.05, 0) is 61.2 Å². The molecule has 0 aliphatic heterocycles. The number of nitrogens with one attached hydrogen (secondary N) is 1. The summed E-state index contributed by atoms with van der Waals surface area (Å²) in [7, 11) is 0. The fourth-order valence-electron chi connectivity index (χ4n) is 4.26. The molecule has 0 saturated heterocycles. The van der Waals surface area contributed by atoms with Crippen LogP contribution in [-0.4, -0.2) is 9.97 Å². The van der Waals surface area contributed by atoms with Gasteiger partial charge < -0.3 is 15.5 Å². The van der Waals surface area contributed by atoms with E-state index in [1.165, 1.54) is 6.07 Å². The van der Waals surface area contributed by atoms with Crippen LogP contribution < -0.4 is 10.5 Å². The average Bonchev–Trinajstić information content (AvgIpc) is 3.40. The first-order valence-electron chi connectivity index (χ1n) is 10.6. The van der Waals surface area contributed by atoms with Crippen molar-refractivity contribution in [1.82, 2.24) is 9.97 Å². The number of halogens is 3. The van der Waals surface area contributed by atoms with Crippen molar-refractivity contribution in [3.8, 4) is 22.8 Å². The van der Waals surface area contributed by atoms with Crippen LogP contribution in [0.5, 0.6) is 11.5 Å². The van der Waals surface area contributed by atoms with Crippen molar-refractivity contribution in [3.05, 3.63) is 101 Å². The second-order valence-electron chi connectivity index (χ2n) is 8.54. The standard InChI is InChI=1S/C26H22F3N3O/c1-16-6-9-20(10-7-16)33-23-11-8-19(26(27,28)29)12-21(23)22-15-31-24(32-22)25(30)13-17-4-2-3-5-18(17)14-25/h2-12,15H,13-14,30H2,1H3,(H,31,32). The van der Waals surface area contributed by atoms with Gasteiger partial charge in [0.15, 0.2) is 0 Å². The van der Waals surface area contributed by atoms with E-state index in [-0.39, 0.29) is 11.3 Å². The molecule has 1 aromatic heterocycles. The molecule has 33 heavy (non-hydrogen) atoms. The van der Waals surface area contributed by atoms with E-state index in [0.717, 1.165) is 28.8 Å². The third kappa shape index (κ3) is 4.12. The van der Waals surface area contributed by atoms with Gasteiger partial charge in [-0.25, -0.2) is 4.98 Å². The Balaban J connectivity index is 1.53. The van der Waals surface area contributed by atoms with E-state index in [2.05, 4.69) is 9.97 Å². The van der Waals surface area contributed by atoms with Crippen LogP contribution in [0.2, 0.25) is 0 Å². The molecule has 0 amide bonds. The molecule has 3 aromatic carbocycles. The minimum atomic E-state index is -4.49. The van der Waals surface area contributed by atoms with Crippen LogP contribution in [0, 0.1) is 6.92 Å². The number of aryl methyl sites for hydroxylation is 1. The summed E-state index contributed by atoms with van der Waals surface area (Å²) < 4.78 is 46.3. The predicted octanol–water partition coefficient (Wildman–Crippen LogP) is 6.15. The summed E-state index contributed by atoms with van der Waals surface area (Å²) in [5.74, 6) is 1.34. The Labute approximate surface area is 189 Å². The van der Waals surface area contributed by atoms with Crippen LogP contribution in [0.25, 0.3) is 11.3 Å². The second-order valence-corrected chi connectivity index (χ2v) is 8.54. The average molecular weight is 449 g/mol. The molecule has 1 aliphatic rings. The molecule has 0 spiro atoms. The van der Waals surface area contributed by atoms with Crippen molar-refractivity contribution in [2.45, 2.75) is 31.5 Å². The number of nitrogens with zero attached hydrogens (tertiary/aromatic N) is 1. The largest absolute Gasteiger partial charge is 0.457 e. The van der Waals surface area contributed by atoms with Gasteiger partial charge in [-0.1, -0.05) is 42.0 Å². The summed E-state index contributed by atoms with van der Waals surface area (Å²) in [6.07, 6.45) is -1.69. The van der Waals surface area contributed by atoms with Crippen LogP contribution >= 0.6 is 0 Å². The van der Waals surface area contributed by atoms with Gasteiger partial charge in [-0.2, -0.15) is 13.2 Å². The number of aromatic amines is 1. The van der Waals surface area contributed by atoms with E-state index < -0.39 is 17.3 Å². The van der Waals surface area contributed by atoms with Crippen molar-refractivity contribution < 1.29 is 17.9 Å². The molecule has 4 nitrogen and oxygen atoms in total. The number of imidazole rings is 1. The fourth-order valence-corrected chi connectivity index (χ4v) is 4.26. The molecule has 7 heteroatoms. The lowest BCUT2D eigenvalue weighted by Gasteiger charge is -2.20.